The second-order valence-corrected chi connectivity index (χ2v) is 7.14. The SMILES string of the molecule is CN(CC1CCOCC1)S(=O)(=O)c1ccc(F)c(C#N)c1. The van der Waals surface area contributed by atoms with E-state index in [0.29, 0.717) is 19.8 Å². The van der Waals surface area contributed by atoms with Gasteiger partial charge in [-0.25, -0.2) is 17.1 Å². The summed E-state index contributed by atoms with van der Waals surface area (Å²) in [6.45, 7) is 1.69. The Labute approximate surface area is 124 Å². The van der Waals surface area contributed by atoms with Crippen LogP contribution in [-0.4, -0.2) is 39.5 Å². The van der Waals surface area contributed by atoms with Gasteiger partial charge in [-0.2, -0.15) is 5.26 Å². The molecule has 0 unspecified atom stereocenters. The van der Waals surface area contributed by atoms with Crippen molar-refractivity contribution in [2.75, 3.05) is 26.8 Å². The average molecular weight is 312 g/mol. The zero-order chi connectivity index (χ0) is 15.5. The van der Waals surface area contributed by atoms with E-state index >= 15 is 0 Å². The smallest absolute Gasteiger partial charge is 0.242 e. The van der Waals surface area contributed by atoms with Crippen LogP contribution >= 0.6 is 0 Å². The Kier molecular flexibility index (Phi) is 4.93. The van der Waals surface area contributed by atoms with E-state index in [1.54, 1.807) is 6.07 Å². The van der Waals surface area contributed by atoms with Crippen molar-refractivity contribution >= 4 is 10.0 Å². The number of nitrogens with zero attached hydrogens (tertiary/aromatic N) is 2. The molecule has 1 aromatic carbocycles. The highest BCUT2D eigenvalue weighted by atomic mass is 32.2. The van der Waals surface area contributed by atoms with Gasteiger partial charge in [0.1, 0.15) is 11.9 Å². The molecule has 0 radical (unpaired) electrons. The van der Waals surface area contributed by atoms with Gasteiger partial charge in [-0.1, -0.05) is 0 Å². The second-order valence-electron chi connectivity index (χ2n) is 5.09. The second kappa shape index (κ2) is 6.52. The molecule has 5 nitrogen and oxygen atoms in total. The number of halogens is 1. The molecule has 0 atom stereocenters. The summed E-state index contributed by atoms with van der Waals surface area (Å²) in [7, 11) is -2.21. The normalized spacial score (nSPS) is 16.9. The maximum atomic E-state index is 13.3. The third kappa shape index (κ3) is 3.59. The molecule has 1 aliphatic rings. The van der Waals surface area contributed by atoms with Gasteiger partial charge in [0.15, 0.2) is 0 Å². The van der Waals surface area contributed by atoms with Crippen LogP contribution in [-0.2, 0) is 14.8 Å². The number of hydrogen-bond acceptors (Lipinski definition) is 4. The predicted octanol–water partition coefficient (Wildman–Crippen LogP) is 1.74. The van der Waals surface area contributed by atoms with Crippen molar-refractivity contribution in [2.24, 2.45) is 5.92 Å². The molecule has 114 valence electrons. The Morgan fingerprint density at radius 1 is 1.43 bits per heavy atom. The Hall–Kier alpha value is -1.49. The van der Waals surface area contributed by atoms with Crippen molar-refractivity contribution in [1.29, 1.82) is 5.26 Å². The van der Waals surface area contributed by atoms with Crippen molar-refractivity contribution in [3.63, 3.8) is 0 Å². The minimum absolute atomic E-state index is 0.0602. The zero-order valence-corrected chi connectivity index (χ0v) is 12.6. The van der Waals surface area contributed by atoms with Gasteiger partial charge in [0.25, 0.3) is 0 Å². The fourth-order valence-electron chi connectivity index (χ4n) is 2.32. The van der Waals surface area contributed by atoms with Crippen LogP contribution in [0.15, 0.2) is 23.1 Å². The molecule has 0 saturated carbocycles. The maximum Gasteiger partial charge on any atom is 0.242 e. The molecule has 0 amide bonds. The molecule has 1 saturated heterocycles. The minimum atomic E-state index is -3.71. The fraction of sp³-hybridized carbons (Fsp3) is 0.500. The lowest BCUT2D eigenvalue weighted by atomic mass is 10.0. The van der Waals surface area contributed by atoms with Crippen LogP contribution in [0, 0.1) is 23.1 Å². The molecular weight excluding hydrogens is 295 g/mol. The molecule has 1 heterocycles. The van der Waals surface area contributed by atoms with Crippen LogP contribution in [0.3, 0.4) is 0 Å². The van der Waals surface area contributed by atoms with Crippen LogP contribution in [0.4, 0.5) is 4.39 Å². The number of hydrogen-bond donors (Lipinski definition) is 0. The number of sulfonamides is 1. The van der Waals surface area contributed by atoms with Gasteiger partial charge in [0.2, 0.25) is 10.0 Å². The van der Waals surface area contributed by atoms with Crippen molar-refractivity contribution in [3.05, 3.63) is 29.6 Å². The lowest BCUT2D eigenvalue weighted by Gasteiger charge is -2.26. The van der Waals surface area contributed by atoms with Crippen LogP contribution in [0.2, 0.25) is 0 Å². The Bertz CT molecular complexity index is 649. The van der Waals surface area contributed by atoms with Crippen molar-refractivity contribution in [3.8, 4) is 6.07 Å². The first-order valence-corrected chi connectivity index (χ1v) is 8.13. The molecule has 2 rings (SSSR count). The Balaban J connectivity index is 2.18. The summed E-state index contributed by atoms with van der Waals surface area (Å²) < 4.78 is 44.7. The summed E-state index contributed by atoms with van der Waals surface area (Å²) in [6.07, 6.45) is 1.65. The summed E-state index contributed by atoms with van der Waals surface area (Å²) in [5.41, 5.74) is -0.268. The molecule has 1 aliphatic heterocycles. The standard InChI is InChI=1S/C14H17FN2O3S/c1-17(10-11-4-6-20-7-5-11)21(18,19)13-2-3-14(15)12(8-13)9-16/h2-3,8,11H,4-7,10H2,1H3. The molecule has 21 heavy (non-hydrogen) atoms. The van der Waals surface area contributed by atoms with Crippen LogP contribution in [0.5, 0.6) is 0 Å². The highest BCUT2D eigenvalue weighted by Crippen LogP contribution is 2.21. The van der Waals surface area contributed by atoms with Crippen LogP contribution in [0.25, 0.3) is 0 Å². The average Bonchev–Trinajstić information content (AvgIpc) is 2.48. The molecule has 1 aromatic rings. The summed E-state index contributed by atoms with van der Waals surface area (Å²) >= 11 is 0. The lowest BCUT2D eigenvalue weighted by Crippen LogP contribution is -2.34. The molecule has 0 aromatic heterocycles. The van der Waals surface area contributed by atoms with E-state index in [4.69, 9.17) is 10.00 Å². The third-order valence-electron chi connectivity index (χ3n) is 3.62. The van der Waals surface area contributed by atoms with E-state index in [2.05, 4.69) is 0 Å². The van der Waals surface area contributed by atoms with Crippen molar-refractivity contribution in [1.82, 2.24) is 4.31 Å². The summed E-state index contributed by atoms with van der Waals surface area (Å²) in [6, 6.07) is 4.92. The van der Waals surface area contributed by atoms with E-state index in [1.165, 1.54) is 17.4 Å². The minimum Gasteiger partial charge on any atom is -0.381 e. The van der Waals surface area contributed by atoms with Gasteiger partial charge in [-0.3, -0.25) is 0 Å². The summed E-state index contributed by atoms with van der Waals surface area (Å²) in [5, 5.41) is 8.80. The van der Waals surface area contributed by atoms with E-state index in [-0.39, 0.29) is 16.4 Å². The quantitative estimate of drug-likeness (QED) is 0.849. The number of ether oxygens (including phenoxy) is 1. The number of rotatable bonds is 4. The summed E-state index contributed by atoms with van der Waals surface area (Å²) in [5.74, 6) is -0.460. The number of nitriles is 1. The van der Waals surface area contributed by atoms with Crippen molar-refractivity contribution in [2.45, 2.75) is 17.7 Å². The third-order valence-corrected chi connectivity index (χ3v) is 5.44. The first-order chi connectivity index (χ1) is 9.95. The molecule has 1 fully saturated rings. The molecule has 0 N–H and O–H groups in total. The lowest BCUT2D eigenvalue weighted by molar-refractivity contribution is 0.0620. The van der Waals surface area contributed by atoms with Gasteiger partial charge in [-0.15, -0.1) is 0 Å². The Morgan fingerprint density at radius 2 is 2.10 bits per heavy atom. The monoisotopic (exact) mass is 312 g/mol. The maximum absolute atomic E-state index is 13.3. The molecule has 0 spiro atoms. The first kappa shape index (κ1) is 15.9. The number of benzene rings is 1. The largest absolute Gasteiger partial charge is 0.381 e. The highest BCUT2D eigenvalue weighted by molar-refractivity contribution is 7.89. The van der Waals surface area contributed by atoms with E-state index in [9.17, 15) is 12.8 Å². The van der Waals surface area contributed by atoms with E-state index < -0.39 is 15.8 Å². The van der Waals surface area contributed by atoms with Crippen LogP contribution < -0.4 is 0 Å². The van der Waals surface area contributed by atoms with Gasteiger partial charge < -0.3 is 4.74 Å². The molecular formula is C14H17FN2O3S. The Morgan fingerprint density at radius 3 is 2.71 bits per heavy atom. The first-order valence-electron chi connectivity index (χ1n) is 6.69. The van der Waals surface area contributed by atoms with E-state index in [0.717, 1.165) is 25.0 Å². The molecule has 0 bridgehead atoms. The van der Waals surface area contributed by atoms with Crippen molar-refractivity contribution < 1.29 is 17.5 Å². The fourth-order valence-corrected chi connectivity index (χ4v) is 3.59. The predicted molar refractivity (Wildman–Crippen MR) is 74.5 cm³/mol. The highest BCUT2D eigenvalue weighted by Gasteiger charge is 2.25. The van der Waals surface area contributed by atoms with E-state index in [1.807, 2.05) is 0 Å². The molecule has 7 heteroatoms. The topological polar surface area (TPSA) is 70.4 Å². The van der Waals surface area contributed by atoms with Gasteiger partial charge in [0.05, 0.1) is 10.5 Å². The van der Waals surface area contributed by atoms with Gasteiger partial charge >= 0.3 is 0 Å². The summed E-state index contributed by atoms with van der Waals surface area (Å²) in [4.78, 5) is -0.0602. The van der Waals surface area contributed by atoms with Gasteiger partial charge in [-0.05, 0) is 37.0 Å². The molecule has 0 aliphatic carbocycles. The van der Waals surface area contributed by atoms with Gasteiger partial charge in [0, 0.05) is 26.8 Å². The van der Waals surface area contributed by atoms with Crippen LogP contribution in [0.1, 0.15) is 18.4 Å². The zero-order valence-electron chi connectivity index (χ0n) is 11.8.